The maximum absolute atomic E-state index is 13.8. The molecule has 1 unspecified atom stereocenters. The highest BCUT2D eigenvalue weighted by Gasteiger charge is 2.29. The SMILES string of the molecule is C[C@@H]1CCCCC1n1c(=O)n(Cc2cc(-c3ccccc3)no2)c2cnc3[nH]ccc3c21. The van der Waals surface area contributed by atoms with Gasteiger partial charge in [-0.15, -0.1) is 0 Å². The molecule has 1 N–H and O–H groups in total. The number of H-pyrrole nitrogens is 1. The molecule has 0 aliphatic heterocycles. The Morgan fingerprint density at radius 3 is 2.84 bits per heavy atom. The fourth-order valence-electron chi connectivity index (χ4n) is 5.19. The van der Waals surface area contributed by atoms with Gasteiger partial charge in [0.1, 0.15) is 11.3 Å². The third-order valence-electron chi connectivity index (χ3n) is 6.85. The molecular weight excluding hydrogens is 402 g/mol. The summed E-state index contributed by atoms with van der Waals surface area (Å²) in [5.41, 5.74) is 4.35. The summed E-state index contributed by atoms with van der Waals surface area (Å²) in [6, 6.07) is 14.0. The van der Waals surface area contributed by atoms with Gasteiger partial charge in [0.2, 0.25) is 0 Å². The van der Waals surface area contributed by atoms with Crippen LogP contribution in [0.15, 0.2) is 64.2 Å². The van der Waals surface area contributed by atoms with Gasteiger partial charge in [-0.05, 0) is 24.8 Å². The van der Waals surface area contributed by atoms with E-state index >= 15 is 0 Å². The Morgan fingerprint density at radius 1 is 1.16 bits per heavy atom. The highest BCUT2D eigenvalue weighted by molar-refractivity contribution is 6.01. The summed E-state index contributed by atoms with van der Waals surface area (Å²) in [5, 5.41) is 5.21. The smallest absolute Gasteiger partial charge is 0.329 e. The lowest BCUT2D eigenvalue weighted by Gasteiger charge is -2.29. The average molecular weight is 428 g/mol. The predicted octanol–water partition coefficient (Wildman–Crippen LogP) is 5.13. The highest BCUT2D eigenvalue weighted by atomic mass is 16.5. The Bertz CT molecular complexity index is 1460. The number of nitrogens with zero attached hydrogens (tertiary/aromatic N) is 4. The van der Waals surface area contributed by atoms with Crippen molar-refractivity contribution in [3.63, 3.8) is 0 Å². The number of nitrogens with one attached hydrogen (secondary N) is 1. The Morgan fingerprint density at radius 2 is 2.00 bits per heavy atom. The van der Waals surface area contributed by atoms with Crippen molar-refractivity contribution < 1.29 is 4.52 Å². The maximum atomic E-state index is 13.8. The highest BCUT2D eigenvalue weighted by Crippen LogP contribution is 2.36. The van der Waals surface area contributed by atoms with E-state index in [0.29, 0.717) is 18.2 Å². The van der Waals surface area contributed by atoms with Crippen LogP contribution in [0.3, 0.4) is 0 Å². The largest absolute Gasteiger partial charge is 0.359 e. The first-order chi connectivity index (χ1) is 15.7. The van der Waals surface area contributed by atoms with Crippen LogP contribution < -0.4 is 5.69 Å². The van der Waals surface area contributed by atoms with Crippen molar-refractivity contribution in [1.29, 1.82) is 0 Å². The molecule has 0 saturated heterocycles. The van der Waals surface area contributed by atoms with Crippen molar-refractivity contribution in [3.8, 4) is 11.3 Å². The molecule has 1 aliphatic carbocycles. The number of pyridine rings is 1. The summed E-state index contributed by atoms with van der Waals surface area (Å²) in [6.45, 7) is 2.58. The van der Waals surface area contributed by atoms with Crippen molar-refractivity contribution in [1.82, 2.24) is 24.3 Å². The third kappa shape index (κ3) is 2.99. The summed E-state index contributed by atoms with van der Waals surface area (Å²) >= 11 is 0. The summed E-state index contributed by atoms with van der Waals surface area (Å²) in [7, 11) is 0. The fraction of sp³-hybridized carbons (Fsp3) is 0.320. The van der Waals surface area contributed by atoms with Crippen LogP contribution in [-0.4, -0.2) is 24.3 Å². The minimum Gasteiger partial charge on any atom is -0.359 e. The molecule has 1 aliphatic rings. The van der Waals surface area contributed by atoms with Gasteiger partial charge in [0, 0.05) is 29.3 Å². The number of benzene rings is 1. The second kappa shape index (κ2) is 7.51. The van der Waals surface area contributed by atoms with Crippen LogP contribution in [0.5, 0.6) is 0 Å². The van der Waals surface area contributed by atoms with Gasteiger partial charge in [0.25, 0.3) is 0 Å². The molecule has 0 spiro atoms. The summed E-state index contributed by atoms with van der Waals surface area (Å²) in [6.07, 6.45) is 8.23. The van der Waals surface area contributed by atoms with E-state index in [4.69, 9.17) is 4.52 Å². The van der Waals surface area contributed by atoms with Gasteiger partial charge < -0.3 is 9.51 Å². The van der Waals surface area contributed by atoms with E-state index in [2.05, 4.69) is 22.0 Å². The van der Waals surface area contributed by atoms with Crippen LogP contribution >= 0.6 is 0 Å². The first-order valence-electron chi connectivity index (χ1n) is 11.3. The quantitative estimate of drug-likeness (QED) is 0.431. The van der Waals surface area contributed by atoms with Crippen LogP contribution in [-0.2, 0) is 6.54 Å². The lowest BCUT2D eigenvalue weighted by Crippen LogP contribution is -2.32. The number of imidazole rings is 1. The minimum atomic E-state index is -0.00749. The summed E-state index contributed by atoms with van der Waals surface area (Å²) in [4.78, 5) is 21.6. The van der Waals surface area contributed by atoms with Crippen molar-refractivity contribution in [2.24, 2.45) is 5.92 Å². The van der Waals surface area contributed by atoms with E-state index in [1.807, 2.05) is 53.2 Å². The molecule has 7 heteroatoms. The zero-order valence-corrected chi connectivity index (χ0v) is 18.0. The van der Waals surface area contributed by atoms with Crippen molar-refractivity contribution in [2.75, 3.05) is 0 Å². The van der Waals surface area contributed by atoms with E-state index in [-0.39, 0.29) is 11.7 Å². The van der Waals surface area contributed by atoms with E-state index in [0.717, 1.165) is 52.6 Å². The maximum Gasteiger partial charge on any atom is 0.329 e. The zero-order valence-electron chi connectivity index (χ0n) is 18.0. The zero-order chi connectivity index (χ0) is 21.7. The summed E-state index contributed by atoms with van der Waals surface area (Å²) < 4.78 is 9.43. The predicted molar refractivity (Wildman–Crippen MR) is 124 cm³/mol. The molecule has 1 fully saturated rings. The number of hydrogen-bond donors (Lipinski definition) is 1. The Labute approximate surface area is 184 Å². The lowest BCUT2D eigenvalue weighted by atomic mass is 9.85. The first-order valence-corrected chi connectivity index (χ1v) is 11.3. The van der Waals surface area contributed by atoms with Crippen molar-refractivity contribution >= 4 is 22.1 Å². The molecule has 32 heavy (non-hydrogen) atoms. The third-order valence-corrected chi connectivity index (χ3v) is 6.85. The molecule has 5 aromatic rings. The molecule has 1 aromatic carbocycles. The molecule has 0 radical (unpaired) electrons. The van der Waals surface area contributed by atoms with Gasteiger partial charge >= 0.3 is 5.69 Å². The Kier molecular flexibility index (Phi) is 4.48. The number of hydrogen-bond acceptors (Lipinski definition) is 4. The monoisotopic (exact) mass is 427 g/mol. The molecule has 6 rings (SSSR count). The second-order valence-electron chi connectivity index (χ2n) is 8.84. The van der Waals surface area contributed by atoms with E-state index in [1.165, 1.54) is 6.42 Å². The second-order valence-corrected chi connectivity index (χ2v) is 8.84. The molecule has 4 heterocycles. The topological polar surface area (TPSA) is 81.6 Å². The lowest BCUT2D eigenvalue weighted by molar-refractivity contribution is 0.256. The van der Waals surface area contributed by atoms with Gasteiger partial charge in [-0.2, -0.15) is 0 Å². The van der Waals surface area contributed by atoms with E-state index in [9.17, 15) is 4.79 Å². The molecule has 4 aromatic heterocycles. The van der Waals surface area contributed by atoms with Crippen LogP contribution in [0.25, 0.3) is 33.3 Å². The molecule has 162 valence electrons. The van der Waals surface area contributed by atoms with Crippen LogP contribution in [0.4, 0.5) is 0 Å². The van der Waals surface area contributed by atoms with Crippen molar-refractivity contribution in [2.45, 2.75) is 45.2 Å². The fourth-order valence-corrected chi connectivity index (χ4v) is 5.19. The number of fused-ring (bicyclic) bond motifs is 3. The van der Waals surface area contributed by atoms with Gasteiger partial charge in [0.15, 0.2) is 5.76 Å². The number of aromatic amines is 1. The Balaban J connectivity index is 1.50. The first kappa shape index (κ1) is 19.1. The molecule has 1 saturated carbocycles. The number of rotatable bonds is 4. The van der Waals surface area contributed by atoms with Crippen LogP contribution in [0, 0.1) is 5.92 Å². The standard InChI is InChI=1S/C25H25N5O2/c1-16-7-5-6-10-21(16)30-23-19-11-12-26-24(19)27-14-22(23)29(25(30)31)15-18-13-20(28-32-18)17-8-3-2-4-9-17/h2-4,8-9,11-14,16,21H,5-7,10,15H2,1H3,(H,26,27)/t16-,21?/m1/s1. The van der Waals surface area contributed by atoms with Crippen LogP contribution in [0.1, 0.15) is 44.4 Å². The van der Waals surface area contributed by atoms with E-state index in [1.54, 1.807) is 10.8 Å². The van der Waals surface area contributed by atoms with Gasteiger partial charge in [-0.1, -0.05) is 55.3 Å². The van der Waals surface area contributed by atoms with Gasteiger partial charge in [0.05, 0.1) is 23.8 Å². The van der Waals surface area contributed by atoms with E-state index < -0.39 is 0 Å². The molecule has 2 atom stereocenters. The number of aromatic nitrogens is 5. The molecule has 7 nitrogen and oxygen atoms in total. The van der Waals surface area contributed by atoms with Gasteiger partial charge in [-0.25, -0.2) is 9.78 Å². The normalized spacial score (nSPS) is 19.2. The molecule has 0 amide bonds. The molecule has 0 bridgehead atoms. The van der Waals surface area contributed by atoms with Crippen molar-refractivity contribution in [3.05, 3.63) is 71.1 Å². The Hall–Kier alpha value is -3.61. The van der Waals surface area contributed by atoms with Gasteiger partial charge in [-0.3, -0.25) is 9.13 Å². The minimum absolute atomic E-state index is 0.00749. The average Bonchev–Trinajstić information content (AvgIpc) is 3.54. The summed E-state index contributed by atoms with van der Waals surface area (Å²) in [5.74, 6) is 1.11. The van der Waals surface area contributed by atoms with Crippen LogP contribution in [0.2, 0.25) is 0 Å². The molecular formula is C25H25N5O2.